The van der Waals surface area contributed by atoms with Crippen LogP contribution in [0, 0.1) is 5.92 Å². The molecule has 0 saturated heterocycles. The van der Waals surface area contributed by atoms with Crippen LogP contribution in [0.4, 0.5) is 0 Å². The monoisotopic (exact) mass is 273 g/mol. The Balaban J connectivity index is 2.04. The van der Waals surface area contributed by atoms with E-state index in [1.807, 2.05) is 0 Å². The van der Waals surface area contributed by atoms with Crippen LogP contribution < -0.4 is 5.32 Å². The van der Waals surface area contributed by atoms with Gasteiger partial charge in [0.1, 0.15) is 0 Å². The third kappa shape index (κ3) is 3.02. The molecule has 0 amide bonds. The Labute approximate surface area is 112 Å². The van der Waals surface area contributed by atoms with Crippen LogP contribution in [0.1, 0.15) is 36.8 Å². The average molecular weight is 274 g/mol. The highest BCUT2D eigenvalue weighted by Gasteiger charge is 2.27. The summed E-state index contributed by atoms with van der Waals surface area (Å²) < 4.78 is 6.19. The first-order valence-electron chi connectivity index (χ1n) is 6.15. The van der Waals surface area contributed by atoms with Crippen LogP contribution in [-0.2, 0) is 11.2 Å². The largest absolute Gasteiger partial charge is 0.383 e. The first-order valence-corrected chi connectivity index (χ1v) is 7.34. The molecule has 0 saturated carbocycles. The number of hydrogen-bond donors (Lipinski definition) is 1. The molecule has 2 atom stereocenters. The van der Waals surface area contributed by atoms with E-state index in [1.54, 1.807) is 18.4 Å². The molecule has 0 aliphatic heterocycles. The van der Waals surface area contributed by atoms with Crippen molar-refractivity contribution in [1.29, 1.82) is 0 Å². The summed E-state index contributed by atoms with van der Waals surface area (Å²) in [7, 11) is 1.76. The van der Waals surface area contributed by atoms with Crippen molar-refractivity contribution in [2.45, 2.75) is 38.8 Å². The van der Waals surface area contributed by atoms with Gasteiger partial charge < -0.3 is 10.1 Å². The van der Waals surface area contributed by atoms with E-state index in [1.165, 1.54) is 16.9 Å². The van der Waals surface area contributed by atoms with E-state index in [0.717, 1.165) is 17.4 Å². The van der Waals surface area contributed by atoms with Gasteiger partial charge in [0.25, 0.3) is 0 Å². The molecule has 1 heterocycles. The Morgan fingerprint density at radius 1 is 1.59 bits per heavy atom. The Morgan fingerprint density at radius 3 is 3.00 bits per heavy atom. The van der Waals surface area contributed by atoms with Crippen molar-refractivity contribution in [2.24, 2.45) is 5.92 Å². The van der Waals surface area contributed by atoms with E-state index < -0.39 is 0 Å². The Bertz CT molecular complexity index is 377. The Morgan fingerprint density at radius 2 is 2.35 bits per heavy atom. The second kappa shape index (κ2) is 5.70. The van der Waals surface area contributed by atoms with Gasteiger partial charge >= 0.3 is 0 Å². The predicted molar refractivity (Wildman–Crippen MR) is 74.0 cm³/mol. The lowest BCUT2D eigenvalue weighted by molar-refractivity contribution is 0.140. The molecule has 96 valence electrons. The smallest absolute Gasteiger partial charge is 0.0934 e. The summed E-state index contributed by atoms with van der Waals surface area (Å²) in [6.45, 7) is 5.22. The molecule has 17 heavy (non-hydrogen) atoms. The van der Waals surface area contributed by atoms with Gasteiger partial charge in [-0.15, -0.1) is 11.3 Å². The van der Waals surface area contributed by atoms with Crippen LogP contribution in [0.25, 0.3) is 0 Å². The summed E-state index contributed by atoms with van der Waals surface area (Å²) in [6, 6.07) is 2.99. The zero-order valence-electron chi connectivity index (χ0n) is 10.6. The van der Waals surface area contributed by atoms with Crippen LogP contribution in [0.3, 0.4) is 0 Å². The zero-order valence-corrected chi connectivity index (χ0v) is 12.2. The quantitative estimate of drug-likeness (QED) is 0.884. The lowest BCUT2D eigenvalue weighted by atomic mass is 10.0. The fraction of sp³-hybridized carbons (Fsp3) is 0.692. The van der Waals surface area contributed by atoms with Crippen LogP contribution in [0.2, 0.25) is 4.34 Å². The maximum absolute atomic E-state index is 6.07. The minimum absolute atomic E-state index is 0.412. The SMILES string of the molecule is COCC(NC1CCc2sc(Cl)cc21)C(C)C. The number of thiophene rings is 1. The number of halogens is 1. The van der Waals surface area contributed by atoms with Crippen LogP contribution in [0.15, 0.2) is 6.07 Å². The van der Waals surface area contributed by atoms with Crippen LogP contribution >= 0.6 is 22.9 Å². The fourth-order valence-electron chi connectivity index (χ4n) is 2.37. The summed E-state index contributed by atoms with van der Waals surface area (Å²) in [4.78, 5) is 1.45. The number of aryl methyl sites for hydroxylation is 1. The van der Waals surface area contributed by atoms with Gasteiger partial charge in [-0.3, -0.25) is 0 Å². The standard InChI is InChI=1S/C13H20ClNOS/c1-8(2)11(7-16-3)15-10-4-5-12-9(10)6-13(14)17-12/h6,8,10-11,15H,4-5,7H2,1-3H3. The van der Waals surface area contributed by atoms with E-state index in [4.69, 9.17) is 16.3 Å². The molecule has 0 radical (unpaired) electrons. The van der Waals surface area contributed by atoms with Gasteiger partial charge in [0.15, 0.2) is 0 Å². The summed E-state index contributed by atoms with van der Waals surface area (Å²) >= 11 is 7.79. The lowest BCUT2D eigenvalue weighted by Crippen LogP contribution is -2.39. The average Bonchev–Trinajstić information content (AvgIpc) is 2.78. The molecule has 0 aromatic carbocycles. The minimum Gasteiger partial charge on any atom is -0.383 e. The van der Waals surface area contributed by atoms with Gasteiger partial charge in [-0.25, -0.2) is 0 Å². The van der Waals surface area contributed by atoms with E-state index in [0.29, 0.717) is 18.0 Å². The summed E-state index contributed by atoms with van der Waals surface area (Å²) in [6.07, 6.45) is 2.34. The summed E-state index contributed by atoms with van der Waals surface area (Å²) in [5.74, 6) is 0.577. The topological polar surface area (TPSA) is 21.3 Å². The first kappa shape index (κ1) is 13.3. The Hall–Kier alpha value is -0.0900. The second-order valence-corrected chi connectivity index (χ2v) is 6.76. The number of ether oxygens (including phenoxy) is 1. The molecule has 1 N–H and O–H groups in total. The van der Waals surface area contributed by atoms with Crippen molar-refractivity contribution in [3.63, 3.8) is 0 Å². The van der Waals surface area contributed by atoms with Gasteiger partial charge in [-0.2, -0.15) is 0 Å². The van der Waals surface area contributed by atoms with Crippen molar-refractivity contribution in [1.82, 2.24) is 5.32 Å². The molecule has 4 heteroatoms. The molecule has 2 nitrogen and oxygen atoms in total. The number of hydrogen-bond acceptors (Lipinski definition) is 3. The number of nitrogens with one attached hydrogen (secondary N) is 1. The second-order valence-electron chi connectivity index (χ2n) is 4.99. The maximum atomic E-state index is 6.07. The third-order valence-corrected chi connectivity index (χ3v) is 4.75. The third-order valence-electron chi connectivity index (χ3n) is 3.41. The lowest BCUT2D eigenvalue weighted by Gasteiger charge is -2.25. The molecule has 0 bridgehead atoms. The molecular formula is C13H20ClNOS. The first-order chi connectivity index (χ1) is 8.11. The number of rotatable bonds is 5. The van der Waals surface area contributed by atoms with E-state index in [-0.39, 0.29) is 0 Å². The number of methoxy groups -OCH3 is 1. The van der Waals surface area contributed by atoms with E-state index >= 15 is 0 Å². The molecule has 2 rings (SSSR count). The molecule has 1 aliphatic carbocycles. The van der Waals surface area contributed by atoms with Crippen molar-refractivity contribution >= 4 is 22.9 Å². The highest BCUT2D eigenvalue weighted by atomic mass is 35.5. The van der Waals surface area contributed by atoms with Gasteiger partial charge in [-0.05, 0) is 30.4 Å². The molecule has 0 spiro atoms. The zero-order chi connectivity index (χ0) is 12.4. The molecule has 0 fully saturated rings. The molecule has 1 aliphatic rings. The van der Waals surface area contributed by atoms with Crippen molar-refractivity contribution < 1.29 is 4.74 Å². The highest BCUT2D eigenvalue weighted by Crippen LogP contribution is 2.39. The molecule has 1 aromatic heterocycles. The van der Waals surface area contributed by atoms with Crippen molar-refractivity contribution in [2.75, 3.05) is 13.7 Å². The number of fused-ring (bicyclic) bond motifs is 1. The molecule has 2 unspecified atom stereocenters. The summed E-state index contributed by atoms with van der Waals surface area (Å²) in [5.41, 5.74) is 1.40. The van der Waals surface area contributed by atoms with Gasteiger partial charge in [0.2, 0.25) is 0 Å². The van der Waals surface area contributed by atoms with E-state index in [9.17, 15) is 0 Å². The van der Waals surface area contributed by atoms with Crippen LogP contribution in [0.5, 0.6) is 0 Å². The van der Waals surface area contributed by atoms with Gasteiger partial charge in [0.05, 0.1) is 10.9 Å². The van der Waals surface area contributed by atoms with Crippen molar-refractivity contribution in [3.05, 3.63) is 20.8 Å². The summed E-state index contributed by atoms with van der Waals surface area (Å²) in [5, 5.41) is 3.71. The van der Waals surface area contributed by atoms with Crippen molar-refractivity contribution in [3.8, 4) is 0 Å². The molecule has 1 aromatic rings. The van der Waals surface area contributed by atoms with Gasteiger partial charge in [0, 0.05) is 24.1 Å². The van der Waals surface area contributed by atoms with Gasteiger partial charge in [-0.1, -0.05) is 25.4 Å². The highest BCUT2D eigenvalue weighted by molar-refractivity contribution is 7.16. The maximum Gasteiger partial charge on any atom is 0.0934 e. The van der Waals surface area contributed by atoms with E-state index in [2.05, 4.69) is 25.2 Å². The minimum atomic E-state index is 0.412. The normalized spacial score (nSPS) is 20.9. The fourth-order valence-corrected chi connectivity index (χ4v) is 3.73. The predicted octanol–water partition coefficient (Wildman–Crippen LogP) is 3.65. The molecular weight excluding hydrogens is 254 g/mol. The van der Waals surface area contributed by atoms with Crippen LogP contribution in [-0.4, -0.2) is 19.8 Å². The Kier molecular flexibility index (Phi) is 4.47.